The predicted octanol–water partition coefficient (Wildman–Crippen LogP) is 2.99. The Morgan fingerprint density at radius 2 is 2.14 bits per heavy atom. The summed E-state index contributed by atoms with van der Waals surface area (Å²) in [7, 11) is 0. The number of hydrogen-bond donors (Lipinski definition) is 1. The molecule has 14 heavy (non-hydrogen) atoms. The molecular weight excluding hydrogens is 247 g/mol. The molecule has 0 unspecified atom stereocenters. The molecule has 1 fully saturated rings. The Labute approximate surface area is 90.2 Å². The first kappa shape index (κ1) is 9.65. The van der Waals surface area contributed by atoms with Gasteiger partial charge in [0.1, 0.15) is 11.7 Å². The molecule has 0 saturated heterocycles. The van der Waals surface area contributed by atoms with Crippen molar-refractivity contribution in [3.05, 3.63) is 28.5 Å². The normalized spacial score (nSPS) is 17.1. The van der Waals surface area contributed by atoms with E-state index in [1.165, 1.54) is 12.1 Å². The van der Waals surface area contributed by atoms with E-state index in [1.54, 1.807) is 6.07 Å². The van der Waals surface area contributed by atoms with Gasteiger partial charge in [0.15, 0.2) is 0 Å². The molecule has 1 aliphatic carbocycles. The van der Waals surface area contributed by atoms with E-state index in [-0.39, 0.29) is 5.82 Å². The summed E-state index contributed by atoms with van der Waals surface area (Å²) in [5.41, 5.74) is 6.29. The fraction of sp³-hybridized carbons (Fsp3) is 0.300. The zero-order valence-corrected chi connectivity index (χ0v) is 9.09. The van der Waals surface area contributed by atoms with Crippen LogP contribution in [0.4, 0.5) is 10.1 Å². The molecule has 74 valence electrons. The van der Waals surface area contributed by atoms with Crippen LogP contribution in [-0.2, 0) is 0 Å². The van der Waals surface area contributed by atoms with Crippen LogP contribution in [0.3, 0.4) is 0 Å². The van der Waals surface area contributed by atoms with E-state index in [4.69, 9.17) is 5.73 Å². The van der Waals surface area contributed by atoms with E-state index in [0.717, 1.165) is 12.8 Å². The fourth-order valence-electron chi connectivity index (χ4n) is 1.22. The molecule has 0 spiro atoms. The molecule has 1 aliphatic rings. The van der Waals surface area contributed by atoms with Crippen molar-refractivity contribution >= 4 is 27.5 Å². The molecule has 0 amide bonds. The lowest BCUT2D eigenvalue weighted by atomic mass is 10.3. The highest BCUT2D eigenvalue weighted by molar-refractivity contribution is 9.10. The quantitative estimate of drug-likeness (QED) is 0.642. The third-order valence-corrected chi connectivity index (χ3v) is 2.56. The lowest BCUT2D eigenvalue weighted by molar-refractivity contribution is 0.627. The van der Waals surface area contributed by atoms with Gasteiger partial charge in [-0.2, -0.15) is 0 Å². The van der Waals surface area contributed by atoms with Crippen molar-refractivity contribution in [1.29, 1.82) is 0 Å². The maximum Gasteiger partial charge on any atom is 0.126 e. The number of rotatable bonds is 2. The van der Waals surface area contributed by atoms with E-state index < -0.39 is 0 Å². The average molecular weight is 257 g/mol. The van der Waals surface area contributed by atoms with Crippen LogP contribution in [-0.4, -0.2) is 5.84 Å². The maximum absolute atomic E-state index is 13.0. The van der Waals surface area contributed by atoms with Gasteiger partial charge in [-0.05, 0) is 31.0 Å². The summed E-state index contributed by atoms with van der Waals surface area (Å²) in [6.45, 7) is 0. The highest BCUT2D eigenvalue weighted by Gasteiger charge is 2.25. The van der Waals surface area contributed by atoms with Crippen molar-refractivity contribution in [3.63, 3.8) is 0 Å². The summed E-state index contributed by atoms with van der Waals surface area (Å²) >= 11 is 3.21. The SMILES string of the molecule is NC(=Nc1cc(F)cc(Br)c1)C1CC1. The second-order valence-electron chi connectivity index (χ2n) is 3.44. The summed E-state index contributed by atoms with van der Waals surface area (Å²) in [5.74, 6) is 0.723. The van der Waals surface area contributed by atoms with Gasteiger partial charge in [0.2, 0.25) is 0 Å². The zero-order valence-electron chi connectivity index (χ0n) is 7.50. The first-order valence-electron chi connectivity index (χ1n) is 4.45. The van der Waals surface area contributed by atoms with Gasteiger partial charge in [0.25, 0.3) is 0 Å². The van der Waals surface area contributed by atoms with Gasteiger partial charge in [-0.1, -0.05) is 15.9 Å². The van der Waals surface area contributed by atoms with Gasteiger partial charge in [-0.3, -0.25) is 0 Å². The van der Waals surface area contributed by atoms with Crippen LogP contribution in [0.15, 0.2) is 27.7 Å². The van der Waals surface area contributed by atoms with Crippen LogP contribution < -0.4 is 5.73 Å². The Balaban J connectivity index is 2.27. The topological polar surface area (TPSA) is 38.4 Å². The summed E-state index contributed by atoms with van der Waals surface area (Å²) < 4.78 is 13.6. The Hall–Kier alpha value is -0.900. The van der Waals surface area contributed by atoms with Crippen molar-refractivity contribution < 1.29 is 4.39 Å². The Kier molecular flexibility index (Phi) is 2.54. The van der Waals surface area contributed by atoms with Crippen LogP contribution in [0.1, 0.15) is 12.8 Å². The molecule has 2 rings (SSSR count). The fourth-order valence-corrected chi connectivity index (χ4v) is 1.68. The van der Waals surface area contributed by atoms with Crippen LogP contribution in [0.25, 0.3) is 0 Å². The minimum Gasteiger partial charge on any atom is -0.387 e. The molecule has 0 bridgehead atoms. The summed E-state index contributed by atoms with van der Waals surface area (Å²) in [6, 6.07) is 4.52. The monoisotopic (exact) mass is 256 g/mol. The second kappa shape index (κ2) is 3.69. The van der Waals surface area contributed by atoms with Gasteiger partial charge >= 0.3 is 0 Å². The molecule has 2 nitrogen and oxygen atoms in total. The number of benzene rings is 1. The largest absolute Gasteiger partial charge is 0.387 e. The van der Waals surface area contributed by atoms with E-state index in [1.807, 2.05) is 0 Å². The van der Waals surface area contributed by atoms with E-state index in [2.05, 4.69) is 20.9 Å². The molecule has 0 heterocycles. The van der Waals surface area contributed by atoms with E-state index >= 15 is 0 Å². The third kappa shape index (κ3) is 2.32. The summed E-state index contributed by atoms with van der Waals surface area (Å²) in [6.07, 6.45) is 2.21. The Morgan fingerprint density at radius 1 is 1.43 bits per heavy atom. The summed E-state index contributed by atoms with van der Waals surface area (Å²) in [4.78, 5) is 4.17. The van der Waals surface area contributed by atoms with Gasteiger partial charge < -0.3 is 5.73 Å². The van der Waals surface area contributed by atoms with Crippen molar-refractivity contribution in [1.82, 2.24) is 0 Å². The number of nitrogens with two attached hydrogens (primary N) is 1. The second-order valence-corrected chi connectivity index (χ2v) is 4.35. The minimum absolute atomic E-state index is 0.304. The number of halogens is 2. The minimum atomic E-state index is -0.304. The van der Waals surface area contributed by atoms with Crippen LogP contribution in [0.5, 0.6) is 0 Å². The molecule has 1 saturated carbocycles. The van der Waals surface area contributed by atoms with Crippen molar-refractivity contribution in [3.8, 4) is 0 Å². The van der Waals surface area contributed by atoms with Gasteiger partial charge in [-0.15, -0.1) is 0 Å². The molecule has 1 aromatic rings. The first-order chi connectivity index (χ1) is 6.65. The maximum atomic E-state index is 13.0. The lowest BCUT2D eigenvalue weighted by Gasteiger charge is -1.99. The predicted molar refractivity (Wildman–Crippen MR) is 58.1 cm³/mol. The molecule has 0 radical (unpaired) electrons. The average Bonchev–Trinajstić information content (AvgIpc) is 2.82. The molecular formula is C10H10BrFN2. The number of amidine groups is 1. The Morgan fingerprint density at radius 3 is 2.71 bits per heavy atom. The van der Waals surface area contributed by atoms with Gasteiger partial charge in [-0.25, -0.2) is 9.38 Å². The molecule has 0 atom stereocenters. The molecule has 0 aliphatic heterocycles. The van der Waals surface area contributed by atoms with Crippen LogP contribution >= 0.6 is 15.9 Å². The third-order valence-electron chi connectivity index (χ3n) is 2.10. The molecule has 2 N–H and O–H groups in total. The van der Waals surface area contributed by atoms with Crippen molar-refractivity contribution in [2.45, 2.75) is 12.8 Å². The van der Waals surface area contributed by atoms with Crippen molar-refractivity contribution in [2.75, 3.05) is 0 Å². The smallest absolute Gasteiger partial charge is 0.126 e. The van der Waals surface area contributed by atoms with Crippen LogP contribution in [0.2, 0.25) is 0 Å². The number of nitrogens with zero attached hydrogens (tertiary/aromatic N) is 1. The lowest BCUT2D eigenvalue weighted by Crippen LogP contribution is -2.12. The van der Waals surface area contributed by atoms with Crippen LogP contribution in [0, 0.1) is 11.7 Å². The molecule has 1 aromatic carbocycles. The number of aliphatic imine (C=N–C) groups is 1. The highest BCUT2D eigenvalue weighted by Crippen LogP contribution is 2.30. The van der Waals surface area contributed by atoms with Gasteiger partial charge in [0.05, 0.1) is 5.69 Å². The van der Waals surface area contributed by atoms with Gasteiger partial charge in [0, 0.05) is 10.4 Å². The summed E-state index contributed by atoms with van der Waals surface area (Å²) in [5, 5.41) is 0. The zero-order chi connectivity index (χ0) is 10.1. The highest BCUT2D eigenvalue weighted by atomic mass is 79.9. The molecule has 0 aromatic heterocycles. The van der Waals surface area contributed by atoms with E-state index in [0.29, 0.717) is 21.9 Å². The molecule has 4 heteroatoms. The van der Waals surface area contributed by atoms with Crippen molar-refractivity contribution in [2.24, 2.45) is 16.6 Å². The Bertz CT molecular complexity index is 365. The number of hydrogen-bond acceptors (Lipinski definition) is 1. The van der Waals surface area contributed by atoms with E-state index in [9.17, 15) is 4.39 Å². The first-order valence-corrected chi connectivity index (χ1v) is 5.24. The standard InChI is InChI=1S/C10H10BrFN2/c11-7-3-8(12)5-9(4-7)14-10(13)6-1-2-6/h3-6H,1-2H2,(H2,13,14).